The Kier molecular flexibility index (Phi) is 2.93. The molecular formula is C15H21NO. The van der Waals surface area contributed by atoms with E-state index >= 15 is 0 Å². The molecule has 2 aliphatic rings. The number of nitrogens with one attached hydrogen (secondary N) is 1. The van der Waals surface area contributed by atoms with Crippen molar-refractivity contribution in [2.45, 2.75) is 43.6 Å². The smallest absolute Gasteiger partial charge is 0.0712 e. The van der Waals surface area contributed by atoms with Crippen LogP contribution in [0.1, 0.15) is 42.7 Å². The second-order valence-corrected chi connectivity index (χ2v) is 5.67. The molecule has 1 aromatic rings. The predicted octanol–water partition coefficient (Wildman–Crippen LogP) is 2.22. The maximum absolute atomic E-state index is 10.5. The Labute approximate surface area is 103 Å². The predicted molar refractivity (Wildman–Crippen MR) is 69.2 cm³/mol. The van der Waals surface area contributed by atoms with Gasteiger partial charge in [-0.05, 0) is 55.8 Å². The van der Waals surface area contributed by atoms with Crippen molar-refractivity contribution in [3.8, 4) is 0 Å². The Hall–Kier alpha value is -0.860. The molecule has 3 rings (SSSR count). The van der Waals surface area contributed by atoms with Crippen LogP contribution in [0.25, 0.3) is 0 Å². The molecule has 0 spiro atoms. The van der Waals surface area contributed by atoms with Gasteiger partial charge in [-0.1, -0.05) is 24.3 Å². The van der Waals surface area contributed by atoms with Gasteiger partial charge in [-0.2, -0.15) is 0 Å². The lowest BCUT2D eigenvalue weighted by atomic mass is 9.86. The number of hydrogen-bond donors (Lipinski definition) is 2. The molecule has 1 aliphatic carbocycles. The highest BCUT2D eigenvalue weighted by Crippen LogP contribution is 2.40. The third-order valence-electron chi connectivity index (χ3n) is 4.10. The number of hydrogen-bond acceptors (Lipinski definition) is 2. The summed E-state index contributed by atoms with van der Waals surface area (Å²) in [5.41, 5.74) is 2.27. The summed E-state index contributed by atoms with van der Waals surface area (Å²) in [5, 5.41) is 13.8. The average molecular weight is 231 g/mol. The quantitative estimate of drug-likeness (QED) is 0.836. The second kappa shape index (κ2) is 4.43. The normalized spacial score (nSPS) is 23.6. The van der Waals surface area contributed by atoms with E-state index in [-0.39, 0.29) is 0 Å². The molecule has 0 amide bonds. The summed E-state index contributed by atoms with van der Waals surface area (Å²) in [6.07, 6.45) is 5.26. The molecule has 0 aromatic heterocycles. The van der Waals surface area contributed by atoms with Crippen molar-refractivity contribution in [3.63, 3.8) is 0 Å². The van der Waals surface area contributed by atoms with Gasteiger partial charge in [-0.25, -0.2) is 0 Å². The molecule has 1 saturated carbocycles. The van der Waals surface area contributed by atoms with Gasteiger partial charge in [0.1, 0.15) is 0 Å². The summed E-state index contributed by atoms with van der Waals surface area (Å²) in [7, 11) is 0. The lowest BCUT2D eigenvalue weighted by Crippen LogP contribution is -2.43. The van der Waals surface area contributed by atoms with Gasteiger partial charge in [0.15, 0.2) is 0 Å². The van der Waals surface area contributed by atoms with Crippen molar-refractivity contribution in [3.05, 3.63) is 35.4 Å². The Bertz CT molecular complexity index is 374. The highest BCUT2D eigenvalue weighted by molar-refractivity contribution is 5.28. The van der Waals surface area contributed by atoms with Gasteiger partial charge in [-0.3, -0.25) is 0 Å². The average Bonchev–Trinajstić information content (AvgIpc) is 3.14. The lowest BCUT2D eigenvalue weighted by molar-refractivity contribution is 0.0109. The Morgan fingerprint density at radius 3 is 2.35 bits per heavy atom. The lowest BCUT2D eigenvalue weighted by Gasteiger charge is -2.32. The Balaban J connectivity index is 1.67. The summed E-state index contributed by atoms with van der Waals surface area (Å²) in [6.45, 7) is 1.88. The molecular weight excluding hydrogens is 210 g/mol. The van der Waals surface area contributed by atoms with Gasteiger partial charge in [0, 0.05) is 6.42 Å². The van der Waals surface area contributed by atoms with Crippen molar-refractivity contribution in [1.29, 1.82) is 0 Å². The minimum Gasteiger partial charge on any atom is -0.389 e. The summed E-state index contributed by atoms with van der Waals surface area (Å²) < 4.78 is 0. The fourth-order valence-corrected chi connectivity index (χ4v) is 2.77. The number of aliphatic hydroxyl groups is 1. The molecule has 0 radical (unpaired) electrons. The van der Waals surface area contributed by atoms with Crippen LogP contribution in [0.2, 0.25) is 0 Å². The summed E-state index contributed by atoms with van der Waals surface area (Å²) in [5.74, 6) is 0.825. The molecule has 1 saturated heterocycles. The van der Waals surface area contributed by atoms with Crippen molar-refractivity contribution >= 4 is 0 Å². The van der Waals surface area contributed by atoms with Gasteiger partial charge in [0.05, 0.1) is 5.60 Å². The zero-order valence-electron chi connectivity index (χ0n) is 10.3. The monoisotopic (exact) mass is 231 g/mol. The number of benzene rings is 1. The van der Waals surface area contributed by atoms with Crippen LogP contribution in [0.15, 0.2) is 24.3 Å². The van der Waals surface area contributed by atoms with Crippen molar-refractivity contribution in [1.82, 2.24) is 5.32 Å². The van der Waals surface area contributed by atoms with Gasteiger partial charge in [0.2, 0.25) is 0 Å². The molecule has 92 valence electrons. The fraction of sp³-hybridized carbons (Fsp3) is 0.600. The van der Waals surface area contributed by atoms with Crippen LogP contribution in [0.3, 0.4) is 0 Å². The maximum atomic E-state index is 10.5. The van der Waals surface area contributed by atoms with Crippen LogP contribution in [0.5, 0.6) is 0 Å². The highest BCUT2D eigenvalue weighted by Gasteiger charge is 2.29. The minimum absolute atomic E-state index is 0.480. The van der Waals surface area contributed by atoms with E-state index in [2.05, 4.69) is 29.6 Å². The summed E-state index contributed by atoms with van der Waals surface area (Å²) in [6, 6.07) is 8.90. The fourth-order valence-electron chi connectivity index (χ4n) is 2.77. The van der Waals surface area contributed by atoms with Gasteiger partial charge >= 0.3 is 0 Å². The minimum atomic E-state index is -0.480. The van der Waals surface area contributed by atoms with E-state index in [1.807, 2.05) is 0 Å². The first-order valence-electron chi connectivity index (χ1n) is 6.77. The van der Waals surface area contributed by atoms with Crippen LogP contribution < -0.4 is 5.32 Å². The third-order valence-corrected chi connectivity index (χ3v) is 4.10. The first-order valence-corrected chi connectivity index (χ1v) is 6.77. The van der Waals surface area contributed by atoms with Crippen LogP contribution in [0, 0.1) is 0 Å². The standard InChI is InChI=1S/C15H21NO/c17-15(7-9-16-10-8-15)11-12-1-3-13(4-2-12)14-5-6-14/h1-4,14,16-17H,5-11H2. The molecule has 2 fully saturated rings. The molecule has 2 N–H and O–H groups in total. The topological polar surface area (TPSA) is 32.3 Å². The van der Waals surface area contributed by atoms with E-state index in [0.29, 0.717) is 0 Å². The van der Waals surface area contributed by atoms with E-state index in [4.69, 9.17) is 0 Å². The first kappa shape index (κ1) is 11.2. The van der Waals surface area contributed by atoms with E-state index in [1.165, 1.54) is 24.0 Å². The van der Waals surface area contributed by atoms with E-state index in [1.54, 1.807) is 0 Å². The van der Waals surface area contributed by atoms with Crippen molar-refractivity contribution < 1.29 is 5.11 Å². The van der Waals surface area contributed by atoms with Crippen LogP contribution in [0.4, 0.5) is 0 Å². The second-order valence-electron chi connectivity index (χ2n) is 5.67. The van der Waals surface area contributed by atoms with E-state index in [9.17, 15) is 5.11 Å². The molecule has 1 aliphatic heterocycles. The molecule has 17 heavy (non-hydrogen) atoms. The largest absolute Gasteiger partial charge is 0.389 e. The van der Waals surface area contributed by atoms with Gasteiger partial charge < -0.3 is 10.4 Å². The number of rotatable bonds is 3. The molecule has 1 heterocycles. The third kappa shape index (κ3) is 2.70. The highest BCUT2D eigenvalue weighted by atomic mass is 16.3. The van der Waals surface area contributed by atoms with Crippen molar-refractivity contribution in [2.24, 2.45) is 0 Å². The zero-order chi connectivity index (χ0) is 11.7. The van der Waals surface area contributed by atoms with Crippen molar-refractivity contribution in [2.75, 3.05) is 13.1 Å². The zero-order valence-corrected chi connectivity index (χ0v) is 10.3. The molecule has 2 nitrogen and oxygen atoms in total. The molecule has 0 unspecified atom stereocenters. The molecule has 2 heteroatoms. The number of piperidine rings is 1. The maximum Gasteiger partial charge on any atom is 0.0712 e. The van der Waals surface area contributed by atoms with Crippen LogP contribution >= 0.6 is 0 Å². The summed E-state index contributed by atoms with van der Waals surface area (Å²) >= 11 is 0. The first-order chi connectivity index (χ1) is 8.25. The van der Waals surface area contributed by atoms with Crippen LogP contribution in [-0.2, 0) is 6.42 Å². The van der Waals surface area contributed by atoms with Gasteiger partial charge in [-0.15, -0.1) is 0 Å². The SMILES string of the molecule is OC1(Cc2ccc(C3CC3)cc2)CCNCC1. The summed E-state index contributed by atoms with van der Waals surface area (Å²) in [4.78, 5) is 0. The molecule has 0 atom stereocenters. The molecule has 0 bridgehead atoms. The van der Waals surface area contributed by atoms with Crippen LogP contribution in [-0.4, -0.2) is 23.8 Å². The molecule has 1 aromatic carbocycles. The Morgan fingerprint density at radius 1 is 1.12 bits per heavy atom. The van der Waals surface area contributed by atoms with Gasteiger partial charge in [0.25, 0.3) is 0 Å². The van der Waals surface area contributed by atoms with E-state index in [0.717, 1.165) is 38.3 Å². The Morgan fingerprint density at radius 2 is 1.76 bits per heavy atom. The van der Waals surface area contributed by atoms with E-state index < -0.39 is 5.60 Å².